The molecular formula is C12H25N5O. The van der Waals surface area contributed by atoms with Crippen molar-refractivity contribution in [1.29, 1.82) is 0 Å². The van der Waals surface area contributed by atoms with Crippen molar-refractivity contribution in [3.63, 3.8) is 0 Å². The molecule has 1 aromatic heterocycles. The van der Waals surface area contributed by atoms with E-state index in [1.54, 1.807) is 0 Å². The zero-order chi connectivity index (χ0) is 13.2. The summed E-state index contributed by atoms with van der Waals surface area (Å²) in [6.07, 6.45) is 2.06. The molecule has 0 atom stereocenters. The molecule has 0 aliphatic carbocycles. The number of rotatable bonds is 10. The van der Waals surface area contributed by atoms with E-state index in [1.807, 2.05) is 4.68 Å². The number of ether oxygens (including phenoxy) is 1. The highest BCUT2D eigenvalue weighted by Gasteiger charge is 2.04. The minimum absolute atomic E-state index is 0.590. The van der Waals surface area contributed by atoms with E-state index in [0.717, 1.165) is 51.5 Å². The van der Waals surface area contributed by atoms with Crippen LogP contribution in [0.5, 0.6) is 0 Å². The van der Waals surface area contributed by atoms with Crippen molar-refractivity contribution in [2.75, 3.05) is 19.8 Å². The van der Waals surface area contributed by atoms with Crippen LogP contribution in [0, 0.1) is 5.92 Å². The monoisotopic (exact) mass is 255 g/mol. The number of hydrogen-bond donors (Lipinski definition) is 1. The van der Waals surface area contributed by atoms with E-state index in [1.165, 1.54) is 0 Å². The Morgan fingerprint density at radius 3 is 2.94 bits per heavy atom. The highest BCUT2D eigenvalue weighted by molar-refractivity contribution is 4.79. The summed E-state index contributed by atoms with van der Waals surface area (Å²) in [6.45, 7) is 10.6. The van der Waals surface area contributed by atoms with E-state index in [-0.39, 0.29) is 0 Å². The molecular weight excluding hydrogens is 230 g/mol. The summed E-state index contributed by atoms with van der Waals surface area (Å²) in [6, 6.07) is 0. The second-order valence-corrected chi connectivity index (χ2v) is 4.82. The Morgan fingerprint density at radius 2 is 2.22 bits per heavy atom. The fourth-order valence-corrected chi connectivity index (χ4v) is 1.54. The number of aryl methyl sites for hydroxylation is 1. The average molecular weight is 255 g/mol. The molecule has 0 fully saturated rings. The molecule has 0 aliphatic heterocycles. The Morgan fingerprint density at radius 1 is 1.39 bits per heavy atom. The Labute approximate surface area is 109 Å². The Hall–Kier alpha value is -1.01. The number of nitrogens with one attached hydrogen (secondary N) is 1. The SMILES string of the molecule is CCCNCc1nnnn1CCCOCC(C)C. The van der Waals surface area contributed by atoms with Crippen molar-refractivity contribution in [3.8, 4) is 0 Å². The third-order valence-electron chi connectivity index (χ3n) is 2.43. The van der Waals surface area contributed by atoms with Crippen LogP contribution in [0.4, 0.5) is 0 Å². The lowest BCUT2D eigenvalue weighted by Crippen LogP contribution is -2.18. The zero-order valence-electron chi connectivity index (χ0n) is 11.7. The van der Waals surface area contributed by atoms with Crippen LogP contribution in [0.2, 0.25) is 0 Å². The third-order valence-corrected chi connectivity index (χ3v) is 2.43. The summed E-state index contributed by atoms with van der Waals surface area (Å²) >= 11 is 0. The van der Waals surface area contributed by atoms with Crippen molar-refractivity contribution in [1.82, 2.24) is 25.5 Å². The predicted octanol–water partition coefficient (Wildman–Crippen LogP) is 1.24. The van der Waals surface area contributed by atoms with Crippen LogP contribution in [-0.2, 0) is 17.8 Å². The van der Waals surface area contributed by atoms with Crippen LogP contribution in [0.15, 0.2) is 0 Å². The standard InChI is InChI=1S/C12H25N5O/c1-4-6-13-9-12-14-15-16-17(12)7-5-8-18-10-11(2)3/h11,13H,4-10H2,1-3H3. The Bertz CT molecular complexity index is 313. The van der Waals surface area contributed by atoms with Gasteiger partial charge in [-0.1, -0.05) is 20.8 Å². The number of hydrogen-bond acceptors (Lipinski definition) is 5. The van der Waals surface area contributed by atoms with Gasteiger partial charge in [-0.3, -0.25) is 0 Å². The zero-order valence-corrected chi connectivity index (χ0v) is 11.7. The first-order valence-corrected chi connectivity index (χ1v) is 6.77. The lowest BCUT2D eigenvalue weighted by atomic mass is 10.2. The number of tetrazole rings is 1. The van der Waals surface area contributed by atoms with Gasteiger partial charge >= 0.3 is 0 Å². The summed E-state index contributed by atoms with van der Waals surface area (Å²) in [5.41, 5.74) is 0. The van der Waals surface area contributed by atoms with Gasteiger partial charge in [-0.15, -0.1) is 5.10 Å². The van der Waals surface area contributed by atoms with Crippen LogP contribution in [0.1, 0.15) is 39.4 Å². The lowest BCUT2D eigenvalue weighted by molar-refractivity contribution is 0.104. The van der Waals surface area contributed by atoms with Crippen molar-refractivity contribution < 1.29 is 4.74 Å². The smallest absolute Gasteiger partial charge is 0.165 e. The number of aromatic nitrogens is 4. The molecule has 0 radical (unpaired) electrons. The van der Waals surface area contributed by atoms with E-state index < -0.39 is 0 Å². The largest absolute Gasteiger partial charge is 0.381 e. The van der Waals surface area contributed by atoms with Crippen LogP contribution in [0.25, 0.3) is 0 Å². The van der Waals surface area contributed by atoms with Crippen molar-refractivity contribution in [2.45, 2.75) is 46.7 Å². The molecule has 0 saturated heterocycles. The molecule has 6 nitrogen and oxygen atoms in total. The van der Waals surface area contributed by atoms with Crippen molar-refractivity contribution in [3.05, 3.63) is 5.82 Å². The van der Waals surface area contributed by atoms with Gasteiger partial charge in [0.1, 0.15) is 0 Å². The van der Waals surface area contributed by atoms with Gasteiger partial charge in [-0.25, -0.2) is 4.68 Å². The van der Waals surface area contributed by atoms with Gasteiger partial charge in [-0.2, -0.15) is 0 Å². The molecule has 0 saturated carbocycles. The molecule has 104 valence electrons. The Balaban J connectivity index is 2.19. The number of nitrogens with zero attached hydrogens (tertiary/aromatic N) is 4. The van der Waals surface area contributed by atoms with Gasteiger partial charge in [0.05, 0.1) is 6.54 Å². The van der Waals surface area contributed by atoms with Crippen molar-refractivity contribution >= 4 is 0 Å². The first-order valence-electron chi connectivity index (χ1n) is 6.77. The minimum atomic E-state index is 0.590. The first-order chi connectivity index (χ1) is 8.74. The summed E-state index contributed by atoms with van der Waals surface area (Å²) in [4.78, 5) is 0. The third kappa shape index (κ3) is 6.07. The van der Waals surface area contributed by atoms with Crippen LogP contribution in [0.3, 0.4) is 0 Å². The molecule has 0 aromatic carbocycles. The molecule has 0 aliphatic rings. The summed E-state index contributed by atoms with van der Waals surface area (Å²) in [7, 11) is 0. The average Bonchev–Trinajstić information content (AvgIpc) is 2.76. The fraction of sp³-hybridized carbons (Fsp3) is 0.917. The topological polar surface area (TPSA) is 64.9 Å². The highest BCUT2D eigenvalue weighted by atomic mass is 16.5. The summed E-state index contributed by atoms with van der Waals surface area (Å²) in [5.74, 6) is 1.49. The molecule has 0 bridgehead atoms. The quantitative estimate of drug-likeness (QED) is 0.637. The fourth-order valence-electron chi connectivity index (χ4n) is 1.54. The molecule has 18 heavy (non-hydrogen) atoms. The molecule has 0 spiro atoms. The van der Waals surface area contributed by atoms with Gasteiger partial charge in [0.2, 0.25) is 0 Å². The molecule has 1 rings (SSSR count). The van der Waals surface area contributed by atoms with Gasteiger partial charge < -0.3 is 10.1 Å². The summed E-state index contributed by atoms with van der Waals surface area (Å²) < 4.78 is 7.38. The van der Waals surface area contributed by atoms with Crippen LogP contribution in [-0.4, -0.2) is 40.0 Å². The van der Waals surface area contributed by atoms with E-state index in [4.69, 9.17) is 4.74 Å². The van der Waals surface area contributed by atoms with Crippen LogP contribution >= 0.6 is 0 Å². The molecule has 0 amide bonds. The van der Waals surface area contributed by atoms with Gasteiger partial charge in [0.25, 0.3) is 0 Å². The maximum Gasteiger partial charge on any atom is 0.165 e. The van der Waals surface area contributed by atoms with Gasteiger partial charge in [0.15, 0.2) is 5.82 Å². The van der Waals surface area contributed by atoms with E-state index in [9.17, 15) is 0 Å². The highest BCUT2D eigenvalue weighted by Crippen LogP contribution is 1.97. The Kier molecular flexibility index (Phi) is 7.52. The predicted molar refractivity (Wildman–Crippen MR) is 70.1 cm³/mol. The van der Waals surface area contributed by atoms with Crippen LogP contribution < -0.4 is 5.32 Å². The normalized spacial score (nSPS) is 11.3. The molecule has 6 heteroatoms. The van der Waals surface area contributed by atoms with E-state index >= 15 is 0 Å². The van der Waals surface area contributed by atoms with E-state index in [2.05, 4.69) is 41.6 Å². The molecule has 1 aromatic rings. The maximum atomic E-state index is 5.53. The first kappa shape index (κ1) is 15.0. The molecule has 1 N–H and O–H groups in total. The van der Waals surface area contributed by atoms with Gasteiger partial charge in [0, 0.05) is 19.8 Å². The summed E-state index contributed by atoms with van der Waals surface area (Å²) in [5, 5.41) is 15.0. The molecule has 1 heterocycles. The maximum absolute atomic E-state index is 5.53. The second-order valence-electron chi connectivity index (χ2n) is 4.82. The van der Waals surface area contributed by atoms with Gasteiger partial charge in [-0.05, 0) is 35.7 Å². The second kappa shape index (κ2) is 8.99. The lowest BCUT2D eigenvalue weighted by Gasteiger charge is -2.07. The van der Waals surface area contributed by atoms with Crippen molar-refractivity contribution in [2.24, 2.45) is 5.92 Å². The van der Waals surface area contributed by atoms with E-state index in [0.29, 0.717) is 5.92 Å². The minimum Gasteiger partial charge on any atom is -0.381 e. The molecule has 0 unspecified atom stereocenters.